The second-order valence-electron chi connectivity index (χ2n) is 3.80. The second kappa shape index (κ2) is 9.13. The van der Waals surface area contributed by atoms with Crippen LogP contribution in [0.5, 0.6) is 0 Å². The second-order valence-corrected chi connectivity index (χ2v) is 3.80. The molecule has 0 spiro atoms. The zero-order valence-corrected chi connectivity index (χ0v) is 10.8. The molecular formula is C12H27NO2. The third kappa shape index (κ3) is 5.50. The van der Waals surface area contributed by atoms with Crippen LogP contribution in [-0.4, -0.2) is 39.0 Å². The van der Waals surface area contributed by atoms with E-state index in [2.05, 4.69) is 12.2 Å². The van der Waals surface area contributed by atoms with E-state index in [0.29, 0.717) is 0 Å². The molecule has 3 nitrogen and oxygen atoms in total. The first-order valence-corrected chi connectivity index (χ1v) is 6.15. The van der Waals surface area contributed by atoms with Crippen molar-refractivity contribution < 1.29 is 9.47 Å². The summed E-state index contributed by atoms with van der Waals surface area (Å²) < 4.78 is 10.8. The Kier molecular flexibility index (Phi) is 9.06. The van der Waals surface area contributed by atoms with Gasteiger partial charge in [0.15, 0.2) is 0 Å². The monoisotopic (exact) mass is 217 g/mol. The smallest absolute Gasteiger partial charge is 0.0670 e. The van der Waals surface area contributed by atoms with Crippen LogP contribution in [0.3, 0.4) is 0 Å². The first-order valence-electron chi connectivity index (χ1n) is 6.15. The van der Waals surface area contributed by atoms with E-state index in [0.717, 1.165) is 32.8 Å². The van der Waals surface area contributed by atoms with Gasteiger partial charge in [-0.05, 0) is 25.8 Å². The van der Waals surface area contributed by atoms with E-state index in [1.54, 1.807) is 7.11 Å². The van der Waals surface area contributed by atoms with Crippen LogP contribution in [0.25, 0.3) is 0 Å². The maximum atomic E-state index is 5.58. The summed E-state index contributed by atoms with van der Waals surface area (Å²) in [7, 11) is 1.75. The molecular weight excluding hydrogens is 190 g/mol. The van der Waals surface area contributed by atoms with E-state index >= 15 is 0 Å². The Morgan fingerprint density at radius 1 is 1.27 bits per heavy atom. The fourth-order valence-electron chi connectivity index (χ4n) is 1.84. The molecule has 92 valence electrons. The SMILES string of the molecule is CC.CCCOCC1(COC)CCCN1. The molecule has 1 aliphatic heterocycles. The van der Waals surface area contributed by atoms with Crippen molar-refractivity contribution in [3.63, 3.8) is 0 Å². The van der Waals surface area contributed by atoms with Gasteiger partial charge in [-0.2, -0.15) is 0 Å². The number of hydrogen-bond donors (Lipinski definition) is 1. The minimum atomic E-state index is 0.101. The summed E-state index contributed by atoms with van der Waals surface area (Å²) in [5.41, 5.74) is 0.101. The van der Waals surface area contributed by atoms with E-state index in [-0.39, 0.29) is 5.54 Å². The number of methoxy groups -OCH3 is 1. The van der Waals surface area contributed by atoms with Crippen LogP contribution in [0.1, 0.15) is 40.0 Å². The highest BCUT2D eigenvalue weighted by molar-refractivity contribution is 4.92. The van der Waals surface area contributed by atoms with Gasteiger partial charge in [-0.1, -0.05) is 20.8 Å². The summed E-state index contributed by atoms with van der Waals surface area (Å²) in [4.78, 5) is 0. The minimum Gasteiger partial charge on any atom is -0.383 e. The molecule has 1 unspecified atom stereocenters. The molecule has 0 saturated carbocycles. The molecule has 15 heavy (non-hydrogen) atoms. The average molecular weight is 217 g/mol. The van der Waals surface area contributed by atoms with Crippen molar-refractivity contribution >= 4 is 0 Å². The lowest BCUT2D eigenvalue weighted by molar-refractivity contribution is 0.0302. The maximum absolute atomic E-state index is 5.58. The Morgan fingerprint density at radius 3 is 2.47 bits per heavy atom. The van der Waals surface area contributed by atoms with Crippen molar-refractivity contribution in [2.75, 3.05) is 33.5 Å². The molecule has 0 amide bonds. The van der Waals surface area contributed by atoms with Gasteiger partial charge in [0, 0.05) is 13.7 Å². The van der Waals surface area contributed by atoms with Crippen molar-refractivity contribution in [2.45, 2.75) is 45.6 Å². The van der Waals surface area contributed by atoms with Gasteiger partial charge in [-0.25, -0.2) is 0 Å². The Hall–Kier alpha value is -0.120. The Morgan fingerprint density at radius 2 is 2.00 bits per heavy atom. The largest absolute Gasteiger partial charge is 0.383 e. The Balaban J connectivity index is 0.000000921. The first-order chi connectivity index (χ1) is 7.33. The van der Waals surface area contributed by atoms with E-state index in [4.69, 9.17) is 9.47 Å². The van der Waals surface area contributed by atoms with Crippen molar-refractivity contribution in [2.24, 2.45) is 0 Å². The van der Waals surface area contributed by atoms with Crippen LogP contribution in [0, 0.1) is 0 Å². The van der Waals surface area contributed by atoms with Gasteiger partial charge in [0.2, 0.25) is 0 Å². The molecule has 1 rings (SSSR count). The van der Waals surface area contributed by atoms with Crippen molar-refractivity contribution in [3.8, 4) is 0 Å². The molecule has 0 radical (unpaired) electrons. The van der Waals surface area contributed by atoms with Crippen molar-refractivity contribution in [3.05, 3.63) is 0 Å². The summed E-state index contributed by atoms with van der Waals surface area (Å²) in [6.45, 7) is 9.63. The van der Waals surface area contributed by atoms with Gasteiger partial charge in [0.25, 0.3) is 0 Å². The normalized spacial score (nSPS) is 24.8. The van der Waals surface area contributed by atoms with E-state index in [1.165, 1.54) is 12.8 Å². The summed E-state index contributed by atoms with van der Waals surface area (Å²) in [5.74, 6) is 0. The third-order valence-corrected chi connectivity index (χ3v) is 2.48. The summed E-state index contributed by atoms with van der Waals surface area (Å²) in [6, 6.07) is 0. The lowest BCUT2D eigenvalue weighted by Crippen LogP contribution is -2.48. The molecule has 1 aliphatic rings. The van der Waals surface area contributed by atoms with E-state index in [9.17, 15) is 0 Å². The average Bonchev–Trinajstić information content (AvgIpc) is 2.71. The quantitative estimate of drug-likeness (QED) is 0.692. The molecule has 0 aliphatic carbocycles. The fourth-order valence-corrected chi connectivity index (χ4v) is 1.84. The summed E-state index contributed by atoms with van der Waals surface area (Å²) >= 11 is 0. The zero-order valence-electron chi connectivity index (χ0n) is 10.8. The lowest BCUT2D eigenvalue weighted by Gasteiger charge is -2.28. The van der Waals surface area contributed by atoms with Gasteiger partial charge in [0.05, 0.1) is 18.8 Å². The van der Waals surface area contributed by atoms with Crippen LogP contribution in [0.2, 0.25) is 0 Å². The molecule has 1 fully saturated rings. The maximum Gasteiger partial charge on any atom is 0.0670 e. The number of rotatable bonds is 6. The van der Waals surface area contributed by atoms with Gasteiger partial charge in [-0.15, -0.1) is 0 Å². The van der Waals surface area contributed by atoms with Crippen LogP contribution in [-0.2, 0) is 9.47 Å². The Labute approximate surface area is 94.5 Å². The molecule has 0 aromatic rings. The fraction of sp³-hybridized carbons (Fsp3) is 1.00. The third-order valence-electron chi connectivity index (χ3n) is 2.48. The van der Waals surface area contributed by atoms with Gasteiger partial charge < -0.3 is 14.8 Å². The van der Waals surface area contributed by atoms with E-state index < -0.39 is 0 Å². The molecule has 3 heteroatoms. The molecule has 0 bridgehead atoms. The topological polar surface area (TPSA) is 30.5 Å². The zero-order chi connectivity index (χ0) is 11.6. The Bertz CT molecular complexity index is 134. The summed E-state index contributed by atoms with van der Waals surface area (Å²) in [6.07, 6.45) is 3.49. The first kappa shape index (κ1) is 14.9. The molecule has 1 N–H and O–H groups in total. The molecule has 1 heterocycles. The standard InChI is InChI=1S/C10H21NO2.C2H6/c1-3-7-13-9-10(8-12-2)5-4-6-11-10;1-2/h11H,3-9H2,1-2H3;1-2H3. The predicted molar refractivity (Wildman–Crippen MR) is 64.3 cm³/mol. The lowest BCUT2D eigenvalue weighted by atomic mass is 10.0. The molecule has 1 saturated heterocycles. The number of ether oxygens (including phenoxy) is 2. The van der Waals surface area contributed by atoms with Gasteiger partial charge >= 0.3 is 0 Å². The van der Waals surface area contributed by atoms with Crippen molar-refractivity contribution in [1.82, 2.24) is 5.32 Å². The van der Waals surface area contributed by atoms with Gasteiger partial charge in [0.1, 0.15) is 0 Å². The minimum absolute atomic E-state index is 0.101. The van der Waals surface area contributed by atoms with E-state index in [1.807, 2.05) is 13.8 Å². The van der Waals surface area contributed by atoms with Crippen LogP contribution in [0.4, 0.5) is 0 Å². The van der Waals surface area contributed by atoms with Crippen LogP contribution >= 0.6 is 0 Å². The predicted octanol–water partition coefficient (Wildman–Crippen LogP) is 2.21. The van der Waals surface area contributed by atoms with Crippen LogP contribution < -0.4 is 5.32 Å². The highest BCUT2D eigenvalue weighted by atomic mass is 16.5. The molecule has 0 aromatic carbocycles. The molecule has 0 aromatic heterocycles. The highest BCUT2D eigenvalue weighted by Gasteiger charge is 2.33. The summed E-state index contributed by atoms with van der Waals surface area (Å²) in [5, 5.41) is 3.48. The van der Waals surface area contributed by atoms with Crippen molar-refractivity contribution in [1.29, 1.82) is 0 Å². The van der Waals surface area contributed by atoms with Crippen LogP contribution in [0.15, 0.2) is 0 Å². The highest BCUT2D eigenvalue weighted by Crippen LogP contribution is 2.20. The van der Waals surface area contributed by atoms with Gasteiger partial charge in [-0.3, -0.25) is 0 Å². The number of hydrogen-bond acceptors (Lipinski definition) is 3. The number of nitrogens with one attached hydrogen (secondary N) is 1. The molecule has 1 atom stereocenters.